The van der Waals surface area contributed by atoms with Crippen molar-refractivity contribution in [3.8, 4) is 17.0 Å². The van der Waals surface area contributed by atoms with E-state index in [0.717, 1.165) is 32.4 Å². The van der Waals surface area contributed by atoms with Crippen molar-refractivity contribution in [3.05, 3.63) is 48.1 Å². The summed E-state index contributed by atoms with van der Waals surface area (Å²) in [5, 5.41) is 6.41. The van der Waals surface area contributed by atoms with E-state index in [9.17, 15) is 4.79 Å². The van der Waals surface area contributed by atoms with Gasteiger partial charge in [-0.1, -0.05) is 11.3 Å². The summed E-state index contributed by atoms with van der Waals surface area (Å²) in [5.41, 5.74) is 2.70. The summed E-state index contributed by atoms with van der Waals surface area (Å²) in [5.74, 6) is 0.751. The first kappa shape index (κ1) is 18.0. The van der Waals surface area contributed by atoms with E-state index in [0.29, 0.717) is 18.2 Å². The summed E-state index contributed by atoms with van der Waals surface area (Å²) in [4.78, 5) is 27.9. The monoisotopic (exact) mass is 423 g/mol. The molecule has 0 aliphatic carbocycles. The van der Waals surface area contributed by atoms with Crippen molar-refractivity contribution in [1.82, 2.24) is 15.0 Å². The van der Waals surface area contributed by atoms with E-state index in [4.69, 9.17) is 4.74 Å². The average Bonchev–Trinajstić information content (AvgIpc) is 3.33. The first-order valence-electron chi connectivity index (χ1n) is 9.06. The third-order valence-corrected chi connectivity index (χ3v) is 6.64. The summed E-state index contributed by atoms with van der Waals surface area (Å²) in [7, 11) is 1.66. The molecule has 29 heavy (non-hydrogen) atoms. The Bertz CT molecular complexity index is 1170. The zero-order chi connectivity index (χ0) is 19.8. The molecule has 0 saturated carbocycles. The van der Waals surface area contributed by atoms with Gasteiger partial charge in [0.1, 0.15) is 5.75 Å². The highest BCUT2D eigenvalue weighted by Gasteiger charge is 2.34. The molecule has 1 aliphatic heterocycles. The molecule has 0 spiro atoms. The number of hydrogen-bond acceptors (Lipinski definition) is 8. The molecule has 1 aromatic carbocycles. The molecule has 1 aliphatic rings. The molecule has 4 aromatic rings. The number of pyridine rings is 1. The highest BCUT2D eigenvalue weighted by atomic mass is 32.1. The number of aromatic nitrogens is 3. The van der Waals surface area contributed by atoms with Gasteiger partial charge >= 0.3 is 0 Å². The number of fused-ring (bicyclic) bond motifs is 1. The molecule has 146 valence electrons. The molecule has 0 atom stereocenters. The van der Waals surface area contributed by atoms with Gasteiger partial charge in [-0.05, 0) is 30.3 Å². The number of nitrogens with one attached hydrogen (secondary N) is 1. The highest BCUT2D eigenvalue weighted by Crippen LogP contribution is 2.35. The van der Waals surface area contributed by atoms with Gasteiger partial charge in [-0.25, -0.2) is 9.97 Å². The van der Waals surface area contributed by atoms with E-state index in [1.807, 2.05) is 35.7 Å². The summed E-state index contributed by atoms with van der Waals surface area (Å²) in [6.07, 6.45) is 3.49. The first-order valence-corrected chi connectivity index (χ1v) is 10.8. The number of rotatable bonds is 5. The Hall–Kier alpha value is -3.04. The second-order valence-electron chi connectivity index (χ2n) is 6.70. The number of carbonyl (C=O) groups excluding carboxylic acids is 1. The molecule has 4 heterocycles. The van der Waals surface area contributed by atoms with Gasteiger partial charge in [0, 0.05) is 36.4 Å². The summed E-state index contributed by atoms with van der Waals surface area (Å²) in [6, 6.07) is 9.67. The number of thiazole rings is 2. The van der Waals surface area contributed by atoms with Crippen molar-refractivity contribution < 1.29 is 9.53 Å². The summed E-state index contributed by atoms with van der Waals surface area (Å²) >= 11 is 3.04. The van der Waals surface area contributed by atoms with E-state index >= 15 is 0 Å². The Morgan fingerprint density at radius 3 is 2.97 bits per heavy atom. The fraction of sp³-hybridized carbons (Fsp3) is 0.200. The van der Waals surface area contributed by atoms with Crippen LogP contribution in [-0.4, -0.2) is 41.1 Å². The molecule has 1 N–H and O–H groups in total. The number of ether oxygens (including phenoxy) is 1. The molecule has 0 radical (unpaired) electrons. The number of amides is 1. The van der Waals surface area contributed by atoms with Crippen LogP contribution < -0.4 is 15.0 Å². The van der Waals surface area contributed by atoms with E-state index < -0.39 is 0 Å². The molecule has 1 fully saturated rings. The standard InChI is InChI=1S/C20H17N5O2S2/c1-27-14-4-5-15-17(7-14)29-20(23-15)25-9-13(10-25)18(26)24-19-22-16(11-28-19)12-3-2-6-21-8-12/h2-8,11,13H,9-10H2,1H3,(H,22,24,26). The lowest BCUT2D eigenvalue weighted by Crippen LogP contribution is -2.52. The molecular formula is C20H17N5O2S2. The van der Waals surface area contributed by atoms with Crippen LogP contribution in [0.4, 0.5) is 10.3 Å². The van der Waals surface area contributed by atoms with Crippen molar-refractivity contribution in [2.75, 3.05) is 30.4 Å². The van der Waals surface area contributed by atoms with Crippen LogP contribution in [0.5, 0.6) is 5.75 Å². The van der Waals surface area contributed by atoms with Crippen LogP contribution in [0.1, 0.15) is 0 Å². The maximum Gasteiger partial charge on any atom is 0.232 e. The Kier molecular flexibility index (Phi) is 4.61. The topological polar surface area (TPSA) is 80.2 Å². The van der Waals surface area contributed by atoms with Crippen molar-refractivity contribution in [2.24, 2.45) is 5.92 Å². The molecule has 1 amide bonds. The smallest absolute Gasteiger partial charge is 0.232 e. The number of anilines is 2. The normalized spacial score (nSPS) is 14.0. The lowest BCUT2D eigenvalue weighted by atomic mass is 10.0. The van der Waals surface area contributed by atoms with Gasteiger partial charge in [0.25, 0.3) is 0 Å². The first-order chi connectivity index (χ1) is 14.2. The second kappa shape index (κ2) is 7.41. The van der Waals surface area contributed by atoms with Crippen molar-refractivity contribution >= 4 is 49.1 Å². The lowest BCUT2D eigenvalue weighted by molar-refractivity contribution is -0.120. The van der Waals surface area contributed by atoms with Crippen LogP contribution in [0.15, 0.2) is 48.1 Å². The molecule has 7 nitrogen and oxygen atoms in total. The Labute approximate surface area is 175 Å². The van der Waals surface area contributed by atoms with Gasteiger partial charge in [-0.3, -0.25) is 9.78 Å². The number of carbonyl (C=O) groups is 1. The van der Waals surface area contributed by atoms with Gasteiger partial charge in [0.15, 0.2) is 10.3 Å². The Balaban J connectivity index is 1.21. The zero-order valence-corrected chi connectivity index (χ0v) is 17.2. The number of benzene rings is 1. The highest BCUT2D eigenvalue weighted by molar-refractivity contribution is 7.22. The van der Waals surface area contributed by atoms with E-state index in [2.05, 4.69) is 25.2 Å². The van der Waals surface area contributed by atoms with Crippen molar-refractivity contribution in [2.45, 2.75) is 0 Å². The minimum absolute atomic E-state index is 0.00360. The van der Waals surface area contributed by atoms with Crippen LogP contribution in [0, 0.1) is 5.92 Å². The van der Waals surface area contributed by atoms with Crippen molar-refractivity contribution in [3.63, 3.8) is 0 Å². The van der Waals surface area contributed by atoms with Crippen LogP contribution >= 0.6 is 22.7 Å². The molecule has 0 unspecified atom stereocenters. The Morgan fingerprint density at radius 2 is 2.17 bits per heavy atom. The largest absolute Gasteiger partial charge is 0.497 e. The number of methoxy groups -OCH3 is 1. The van der Waals surface area contributed by atoms with Crippen LogP contribution in [-0.2, 0) is 4.79 Å². The van der Waals surface area contributed by atoms with Crippen LogP contribution in [0.3, 0.4) is 0 Å². The fourth-order valence-electron chi connectivity index (χ4n) is 3.14. The van der Waals surface area contributed by atoms with Gasteiger partial charge in [0.05, 0.1) is 28.9 Å². The summed E-state index contributed by atoms with van der Waals surface area (Å²) < 4.78 is 6.35. The SMILES string of the molecule is COc1ccc2nc(N3CC(C(=O)Nc4nc(-c5cccnc5)cs4)C3)sc2c1. The predicted octanol–water partition coefficient (Wildman–Crippen LogP) is 3.90. The fourth-order valence-corrected chi connectivity index (χ4v) is 4.88. The summed E-state index contributed by atoms with van der Waals surface area (Å²) in [6.45, 7) is 1.31. The van der Waals surface area contributed by atoms with E-state index in [1.165, 1.54) is 11.3 Å². The van der Waals surface area contributed by atoms with Gasteiger partial charge in [-0.2, -0.15) is 0 Å². The maximum atomic E-state index is 12.6. The quantitative estimate of drug-likeness (QED) is 0.524. The molecule has 3 aromatic heterocycles. The average molecular weight is 424 g/mol. The molecule has 9 heteroatoms. The van der Waals surface area contributed by atoms with E-state index in [-0.39, 0.29) is 11.8 Å². The van der Waals surface area contributed by atoms with Crippen LogP contribution in [0.25, 0.3) is 21.5 Å². The third kappa shape index (κ3) is 3.54. The zero-order valence-electron chi connectivity index (χ0n) is 15.5. The molecule has 1 saturated heterocycles. The lowest BCUT2D eigenvalue weighted by Gasteiger charge is -2.37. The predicted molar refractivity (Wildman–Crippen MR) is 116 cm³/mol. The maximum absolute atomic E-state index is 12.6. The second-order valence-corrected chi connectivity index (χ2v) is 8.57. The minimum Gasteiger partial charge on any atom is -0.497 e. The van der Waals surface area contributed by atoms with Gasteiger partial charge < -0.3 is 15.0 Å². The number of nitrogens with zero attached hydrogens (tertiary/aromatic N) is 4. The molecule has 0 bridgehead atoms. The van der Waals surface area contributed by atoms with Crippen molar-refractivity contribution in [1.29, 1.82) is 0 Å². The molecule has 5 rings (SSSR count). The minimum atomic E-state index is -0.0673. The Morgan fingerprint density at radius 1 is 1.28 bits per heavy atom. The van der Waals surface area contributed by atoms with Gasteiger partial charge in [-0.15, -0.1) is 11.3 Å². The molecular weight excluding hydrogens is 406 g/mol. The third-order valence-electron chi connectivity index (χ3n) is 4.80. The van der Waals surface area contributed by atoms with Gasteiger partial charge in [0.2, 0.25) is 5.91 Å². The number of hydrogen-bond donors (Lipinski definition) is 1. The van der Waals surface area contributed by atoms with E-state index in [1.54, 1.807) is 30.8 Å². The van der Waals surface area contributed by atoms with Crippen LogP contribution in [0.2, 0.25) is 0 Å².